The molecule has 7 nitrogen and oxygen atoms in total. The van der Waals surface area contributed by atoms with Crippen LogP contribution in [-0.2, 0) is 16.1 Å². The van der Waals surface area contributed by atoms with Crippen LogP contribution in [-0.4, -0.2) is 48.9 Å². The first kappa shape index (κ1) is 23.4. The molecular weight excluding hydrogens is 413 g/mol. The Morgan fingerprint density at radius 3 is 2.56 bits per heavy atom. The second-order valence-electron chi connectivity index (χ2n) is 8.83. The van der Waals surface area contributed by atoms with Crippen molar-refractivity contribution in [1.29, 1.82) is 0 Å². The molecule has 32 heavy (non-hydrogen) atoms. The lowest BCUT2D eigenvalue weighted by molar-refractivity contribution is 0.0292. The number of ether oxygens (including phenoxy) is 2. The van der Waals surface area contributed by atoms with Crippen LogP contribution in [0.4, 0.5) is 25.4 Å². The van der Waals surface area contributed by atoms with Crippen LogP contribution in [0.3, 0.4) is 0 Å². The molecule has 3 rings (SSSR count). The Kier molecular flexibility index (Phi) is 7.22. The van der Waals surface area contributed by atoms with Gasteiger partial charge in [0, 0.05) is 31.9 Å². The number of hydrogen-bond acceptors (Lipinski definition) is 5. The van der Waals surface area contributed by atoms with Crippen molar-refractivity contribution in [3.05, 3.63) is 59.9 Å². The van der Waals surface area contributed by atoms with E-state index in [1.165, 1.54) is 6.07 Å². The number of nitrogens with one attached hydrogen (secondary N) is 1. The van der Waals surface area contributed by atoms with Gasteiger partial charge < -0.3 is 19.3 Å². The first-order valence-corrected chi connectivity index (χ1v) is 10.6. The first-order chi connectivity index (χ1) is 15.1. The molecular formula is C24H30FN3O4. The number of amides is 2. The van der Waals surface area contributed by atoms with Crippen molar-refractivity contribution in [3.8, 4) is 0 Å². The van der Waals surface area contributed by atoms with E-state index in [0.29, 0.717) is 30.9 Å². The molecule has 0 aromatic heterocycles. The zero-order chi connectivity index (χ0) is 23.3. The minimum absolute atomic E-state index is 0.0355. The Morgan fingerprint density at radius 2 is 1.91 bits per heavy atom. The van der Waals surface area contributed by atoms with Crippen LogP contribution >= 0.6 is 0 Å². The minimum atomic E-state index is -0.654. The van der Waals surface area contributed by atoms with Gasteiger partial charge in [-0.15, -0.1) is 0 Å². The number of rotatable bonds is 5. The third-order valence-electron chi connectivity index (χ3n) is 5.15. The van der Waals surface area contributed by atoms with Crippen molar-refractivity contribution in [3.63, 3.8) is 0 Å². The van der Waals surface area contributed by atoms with Crippen molar-refractivity contribution in [2.24, 2.45) is 0 Å². The van der Waals surface area contributed by atoms with E-state index in [0.717, 1.165) is 5.56 Å². The van der Waals surface area contributed by atoms with Crippen LogP contribution in [0.25, 0.3) is 0 Å². The molecule has 2 aromatic rings. The predicted octanol–water partition coefficient (Wildman–Crippen LogP) is 5.02. The number of carbonyl (C=O) groups excluding carboxylic acids is 2. The molecule has 1 fully saturated rings. The summed E-state index contributed by atoms with van der Waals surface area (Å²) in [5.41, 5.74) is 1.00. The maximum atomic E-state index is 14.8. The zero-order valence-corrected chi connectivity index (χ0v) is 18.9. The van der Waals surface area contributed by atoms with E-state index in [9.17, 15) is 14.0 Å². The number of benzene rings is 2. The van der Waals surface area contributed by atoms with Gasteiger partial charge in [0.2, 0.25) is 0 Å². The van der Waals surface area contributed by atoms with Crippen LogP contribution in [0.2, 0.25) is 0 Å². The number of nitrogens with zero attached hydrogens (tertiary/aromatic N) is 2. The molecule has 1 aliphatic rings. The highest BCUT2D eigenvalue weighted by Gasteiger charge is 2.32. The maximum absolute atomic E-state index is 14.8. The van der Waals surface area contributed by atoms with E-state index >= 15 is 0 Å². The van der Waals surface area contributed by atoms with E-state index in [4.69, 9.17) is 9.47 Å². The summed E-state index contributed by atoms with van der Waals surface area (Å²) in [6.07, 6.45) is -0.304. The Balaban J connectivity index is 1.55. The maximum Gasteiger partial charge on any atom is 0.411 e. The summed E-state index contributed by atoms with van der Waals surface area (Å²) in [5, 5.41) is 2.54. The monoisotopic (exact) mass is 443 g/mol. The first-order valence-electron chi connectivity index (χ1n) is 10.6. The Hall–Kier alpha value is -3.29. The second-order valence-corrected chi connectivity index (χ2v) is 8.83. The molecule has 172 valence electrons. The third kappa shape index (κ3) is 6.35. The minimum Gasteiger partial charge on any atom is -0.444 e. The number of hydrogen-bond donors (Lipinski definition) is 1. The summed E-state index contributed by atoms with van der Waals surface area (Å²) in [7, 11) is 1.79. The fourth-order valence-corrected chi connectivity index (χ4v) is 3.49. The number of likely N-dealkylation sites (tertiary alicyclic amines) is 1. The molecule has 0 aliphatic carbocycles. The van der Waals surface area contributed by atoms with Gasteiger partial charge in [-0.1, -0.05) is 30.3 Å². The summed E-state index contributed by atoms with van der Waals surface area (Å²) in [4.78, 5) is 27.7. The van der Waals surface area contributed by atoms with Crippen LogP contribution < -0.4 is 10.2 Å². The van der Waals surface area contributed by atoms with Gasteiger partial charge >= 0.3 is 12.2 Å². The number of likely N-dealkylation sites (N-methyl/N-ethyl adjacent to an activating group) is 1. The SMILES string of the molecule is CN(c1ccc(NC(=O)OCc2ccccc2)cc1F)[C@@H]1CCN(C(=O)OC(C)(C)C)C1. The van der Waals surface area contributed by atoms with Crippen molar-refractivity contribution in [1.82, 2.24) is 4.90 Å². The Bertz CT molecular complexity index is 946. The van der Waals surface area contributed by atoms with E-state index in [1.807, 2.05) is 56.0 Å². The summed E-state index contributed by atoms with van der Waals surface area (Å²) >= 11 is 0. The number of anilines is 2. The van der Waals surface area contributed by atoms with Crippen molar-refractivity contribution in [2.45, 2.75) is 45.4 Å². The molecule has 0 unspecified atom stereocenters. The predicted molar refractivity (Wildman–Crippen MR) is 121 cm³/mol. The van der Waals surface area contributed by atoms with Crippen LogP contribution in [0.1, 0.15) is 32.8 Å². The Morgan fingerprint density at radius 1 is 1.19 bits per heavy atom. The van der Waals surface area contributed by atoms with Gasteiger partial charge in [-0.05, 0) is 51.0 Å². The molecule has 1 saturated heterocycles. The lowest BCUT2D eigenvalue weighted by atomic mass is 10.2. The Labute approximate surface area is 188 Å². The standard InChI is InChI=1S/C24H30FN3O4/c1-24(2,3)32-23(30)28-13-12-19(15-28)27(4)21-11-10-18(14-20(21)25)26-22(29)31-16-17-8-6-5-7-9-17/h5-11,14,19H,12-13,15-16H2,1-4H3,(H,26,29)/t19-/m1/s1. The molecule has 0 radical (unpaired) electrons. The van der Waals surface area contributed by atoms with Crippen molar-refractivity contribution in [2.75, 3.05) is 30.4 Å². The number of carbonyl (C=O) groups is 2. The molecule has 2 aromatic carbocycles. The third-order valence-corrected chi connectivity index (χ3v) is 5.15. The normalized spacial score (nSPS) is 15.9. The van der Waals surface area contributed by atoms with E-state index < -0.39 is 17.5 Å². The van der Waals surface area contributed by atoms with E-state index in [-0.39, 0.29) is 18.7 Å². The molecule has 8 heteroatoms. The van der Waals surface area contributed by atoms with Gasteiger partial charge in [0.1, 0.15) is 18.0 Å². The van der Waals surface area contributed by atoms with Gasteiger partial charge in [-0.25, -0.2) is 14.0 Å². The molecule has 0 bridgehead atoms. The second kappa shape index (κ2) is 9.89. The topological polar surface area (TPSA) is 71.1 Å². The molecule has 1 atom stereocenters. The molecule has 2 amide bonds. The lowest BCUT2D eigenvalue weighted by Gasteiger charge is -2.28. The fraction of sp³-hybridized carbons (Fsp3) is 0.417. The summed E-state index contributed by atoms with van der Waals surface area (Å²) in [6, 6.07) is 13.8. The largest absolute Gasteiger partial charge is 0.444 e. The highest BCUT2D eigenvalue weighted by Crippen LogP contribution is 2.27. The fourth-order valence-electron chi connectivity index (χ4n) is 3.49. The smallest absolute Gasteiger partial charge is 0.411 e. The van der Waals surface area contributed by atoms with Gasteiger partial charge in [0.15, 0.2) is 0 Å². The lowest BCUT2D eigenvalue weighted by Crippen LogP contribution is -2.39. The van der Waals surface area contributed by atoms with Crippen LogP contribution in [0, 0.1) is 5.82 Å². The van der Waals surface area contributed by atoms with E-state index in [1.54, 1.807) is 24.1 Å². The average molecular weight is 444 g/mol. The highest BCUT2D eigenvalue weighted by molar-refractivity contribution is 5.85. The van der Waals surface area contributed by atoms with Crippen LogP contribution in [0.5, 0.6) is 0 Å². The molecule has 1 aliphatic heterocycles. The number of halogens is 1. The summed E-state index contributed by atoms with van der Waals surface area (Å²) in [6.45, 7) is 6.62. The van der Waals surface area contributed by atoms with E-state index in [2.05, 4.69) is 5.32 Å². The summed E-state index contributed by atoms with van der Waals surface area (Å²) < 4.78 is 25.4. The average Bonchev–Trinajstić information content (AvgIpc) is 3.22. The quantitative estimate of drug-likeness (QED) is 0.703. The molecule has 0 spiro atoms. The zero-order valence-electron chi connectivity index (χ0n) is 18.9. The van der Waals surface area contributed by atoms with Gasteiger partial charge in [0.05, 0.1) is 5.69 Å². The van der Waals surface area contributed by atoms with Gasteiger partial charge in [0.25, 0.3) is 0 Å². The van der Waals surface area contributed by atoms with Crippen molar-refractivity contribution < 1.29 is 23.5 Å². The van der Waals surface area contributed by atoms with Crippen molar-refractivity contribution >= 4 is 23.6 Å². The molecule has 1 heterocycles. The highest BCUT2D eigenvalue weighted by atomic mass is 19.1. The van der Waals surface area contributed by atoms with Crippen LogP contribution in [0.15, 0.2) is 48.5 Å². The summed E-state index contributed by atoms with van der Waals surface area (Å²) in [5.74, 6) is -0.468. The van der Waals surface area contributed by atoms with Gasteiger partial charge in [-0.2, -0.15) is 0 Å². The van der Waals surface area contributed by atoms with Gasteiger partial charge in [-0.3, -0.25) is 5.32 Å². The molecule has 1 N–H and O–H groups in total. The molecule has 0 saturated carbocycles.